The van der Waals surface area contributed by atoms with Gasteiger partial charge >= 0.3 is 0 Å². The topological polar surface area (TPSA) is 50.5 Å². The molecule has 33 heavy (non-hydrogen) atoms. The lowest BCUT2D eigenvalue weighted by atomic mass is 10.1. The fourth-order valence-corrected chi connectivity index (χ4v) is 4.32. The molecule has 0 bridgehead atoms. The Labute approximate surface area is 194 Å². The van der Waals surface area contributed by atoms with Crippen molar-refractivity contribution in [3.63, 3.8) is 0 Å². The normalized spacial score (nSPS) is 14.3. The Kier molecular flexibility index (Phi) is 6.40. The van der Waals surface area contributed by atoms with Gasteiger partial charge in [-0.05, 0) is 92.7 Å². The highest BCUT2D eigenvalue weighted by Crippen LogP contribution is 2.30. The minimum absolute atomic E-state index is 0.248. The molecule has 4 aromatic rings. The summed E-state index contributed by atoms with van der Waals surface area (Å²) in [6, 6.07) is 27.6. The number of hydrogen-bond donors (Lipinski definition) is 1. The molecule has 2 heterocycles. The van der Waals surface area contributed by atoms with E-state index in [0.29, 0.717) is 6.61 Å². The van der Waals surface area contributed by atoms with Crippen molar-refractivity contribution in [2.24, 2.45) is 0 Å². The van der Waals surface area contributed by atoms with Gasteiger partial charge in [-0.2, -0.15) is 5.10 Å². The second-order valence-electron chi connectivity index (χ2n) is 8.48. The van der Waals surface area contributed by atoms with Gasteiger partial charge in [-0.3, -0.25) is 4.90 Å². The molecule has 5 heteroatoms. The lowest BCUT2D eigenvalue weighted by molar-refractivity contribution is 0.183. The van der Waals surface area contributed by atoms with E-state index >= 15 is 0 Å². The van der Waals surface area contributed by atoms with Crippen molar-refractivity contribution < 1.29 is 9.84 Å². The molecule has 1 N–H and O–H groups in total. The van der Waals surface area contributed by atoms with Crippen molar-refractivity contribution in [2.75, 3.05) is 26.2 Å². The van der Waals surface area contributed by atoms with Crippen LogP contribution < -0.4 is 4.74 Å². The van der Waals surface area contributed by atoms with Crippen LogP contribution in [0.15, 0.2) is 84.9 Å². The summed E-state index contributed by atoms with van der Waals surface area (Å²) in [6.45, 7) is 4.08. The molecule has 1 aliphatic heterocycles. The van der Waals surface area contributed by atoms with E-state index < -0.39 is 0 Å². The molecule has 0 unspecified atom stereocenters. The number of rotatable bonds is 7. The van der Waals surface area contributed by atoms with E-state index in [1.165, 1.54) is 32.4 Å². The van der Waals surface area contributed by atoms with Gasteiger partial charge in [-0.25, -0.2) is 4.68 Å². The van der Waals surface area contributed by atoms with Gasteiger partial charge in [0.25, 0.3) is 0 Å². The van der Waals surface area contributed by atoms with Crippen molar-refractivity contribution in [1.82, 2.24) is 14.7 Å². The molecule has 0 amide bonds. The van der Waals surface area contributed by atoms with Gasteiger partial charge in [0.2, 0.25) is 0 Å². The molecule has 168 valence electrons. The summed E-state index contributed by atoms with van der Waals surface area (Å²) < 4.78 is 7.98. The predicted molar refractivity (Wildman–Crippen MR) is 132 cm³/mol. The zero-order valence-electron chi connectivity index (χ0n) is 18.7. The Morgan fingerprint density at radius 2 is 1.48 bits per heavy atom. The predicted octanol–water partition coefficient (Wildman–Crippen LogP) is 5.78. The lowest BCUT2D eigenvalue weighted by Crippen LogP contribution is -2.33. The Bertz CT molecular complexity index is 1160. The number of piperidine rings is 1. The standard InChI is InChI=1S/C28H29N3O2/c32-25-13-9-22(10-14-25)27-21-28(31(29-27)24-7-3-1-4-8-24)23-11-15-26(16-12-23)33-20-19-30-17-5-2-6-18-30/h1,3-4,7-16,21,32H,2,5-6,17-20H2. The maximum absolute atomic E-state index is 9.64. The first kappa shape index (κ1) is 21.3. The van der Waals surface area contributed by atoms with Crippen molar-refractivity contribution >= 4 is 0 Å². The Balaban J connectivity index is 1.37. The van der Waals surface area contributed by atoms with Gasteiger partial charge in [-0.1, -0.05) is 24.6 Å². The van der Waals surface area contributed by atoms with Crippen molar-refractivity contribution in [3.8, 4) is 39.7 Å². The van der Waals surface area contributed by atoms with Crippen molar-refractivity contribution in [1.29, 1.82) is 0 Å². The van der Waals surface area contributed by atoms with Gasteiger partial charge in [-0.15, -0.1) is 0 Å². The van der Waals surface area contributed by atoms with Crippen LogP contribution in [0.2, 0.25) is 0 Å². The number of para-hydroxylation sites is 1. The summed E-state index contributed by atoms with van der Waals surface area (Å²) in [7, 11) is 0. The van der Waals surface area contributed by atoms with Gasteiger partial charge in [0.05, 0.1) is 17.1 Å². The smallest absolute Gasteiger partial charge is 0.119 e. The van der Waals surface area contributed by atoms with Crippen molar-refractivity contribution in [2.45, 2.75) is 19.3 Å². The Hall–Kier alpha value is -3.57. The molecule has 5 nitrogen and oxygen atoms in total. The number of aromatic hydroxyl groups is 1. The molecule has 3 aromatic carbocycles. The molecule has 1 fully saturated rings. The molecule has 0 spiro atoms. The summed E-state index contributed by atoms with van der Waals surface area (Å²) in [5.41, 5.74) is 4.89. The number of nitrogens with zero attached hydrogens (tertiary/aromatic N) is 3. The first-order chi connectivity index (χ1) is 16.3. The minimum Gasteiger partial charge on any atom is -0.508 e. The van der Waals surface area contributed by atoms with Crippen LogP contribution in [0.25, 0.3) is 28.2 Å². The molecule has 0 atom stereocenters. The molecule has 0 radical (unpaired) electrons. The van der Waals surface area contributed by atoms with Crippen LogP contribution in [0.1, 0.15) is 19.3 Å². The largest absolute Gasteiger partial charge is 0.508 e. The van der Waals surface area contributed by atoms with E-state index in [1.807, 2.05) is 47.1 Å². The van der Waals surface area contributed by atoms with E-state index in [2.05, 4.69) is 35.2 Å². The Morgan fingerprint density at radius 1 is 0.788 bits per heavy atom. The first-order valence-electron chi connectivity index (χ1n) is 11.7. The van der Waals surface area contributed by atoms with Crippen LogP contribution in [0.5, 0.6) is 11.5 Å². The van der Waals surface area contributed by atoms with Crippen molar-refractivity contribution in [3.05, 3.63) is 84.9 Å². The molecular weight excluding hydrogens is 410 g/mol. The summed E-state index contributed by atoms with van der Waals surface area (Å²) in [5.74, 6) is 1.14. The summed E-state index contributed by atoms with van der Waals surface area (Å²) in [5, 5.41) is 14.5. The highest BCUT2D eigenvalue weighted by molar-refractivity contribution is 5.71. The number of phenolic OH excluding ortho intramolecular Hbond substituents is 1. The third-order valence-electron chi connectivity index (χ3n) is 6.15. The van der Waals surface area contributed by atoms with E-state index in [4.69, 9.17) is 9.84 Å². The zero-order chi connectivity index (χ0) is 22.5. The van der Waals surface area contributed by atoms with Crippen LogP contribution in [0.3, 0.4) is 0 Å². The molecule has 5 rings (SSSR count). The number of phenols is 1. The van der Waals surface area contributed by atoms with E-state index in [0.717, 1.165) is 40.5 Å². The third-order valence-corrected chi connectivity index (χ3v) is 6.15. The number of aromatic nitrogens is 2. The lowest BCUT2D eigenvalue weighted by Gasteiger charge is -2.26. The molecule has 1 saturated heterocycles. The fourth-order valence-electron chi connectivity index (χ4n) is 4.32. The molecule has 1 aromatic heterocycles. The van der Waals surface area contributed by atoms with Gasteiger partial charge in [0, 0.05) is 17.7 Å². The number of benzene rings is 3. The molecular formula is C28H29N3O2. The average molecular weight is 440 g/mol. The first-order valence-corrected chi connectivity index (χ1v) is 11.7. The third kappa shape index (κ3) is 5.10. The van der Waals surface area contributed by atoms with E-state index in [9.17, 15) is 5.11 Å². The number of likely N-dealkylation sites (tertiary alicyclic amines) is 1. The van der Waals surface area contributed by atoms with Gasteiger partial charge < -0.3 is 9.84 Å². The van der Waals surface area contributed by atoms with Gasteiger partial charge in [0.1, 0.15) is 18.1 Å². The SMILES string of the molecule is Oc1ccc(-c2cc(-c3ccc(OCCN4CCCCC4)cc3)n(-c3ccccc3)n2)cc1. The second kappa shape index (κ2) is 9.92. The summed E-state index contributed by atoms with van der Waals surface area (Å²) in [4.78, 5) is 2.49. The minimum atomic E-state index is 0.248. The maximum atomic E-state index is 9.64. The zero-order valence-corrected chi connectivity index (χ0v) is 18.7. The maximum Gasteiger partial charge on any atom is 0.119 e. The molecule has 0 aliphatic carbocycles. The van der Waals surface area contributed by atoms with Crippen LogP contribution in [0, 0.1) is 0 Å². The Morgan fingerprint density at radius 3 is 2.21 bits per heavy atom. The van der Waals surface area contributed by atoms with Crippen LogP contribution in [0.4, 0.5) is 0 Å². The molecule has 0 saturated carbocycles. The second-order valence-corrected chi connectivity index (χ2v) is 8.48. The van der Waals surface area contributed by atoms with E-state index in [-0.39, 0.29) is 5.75 Å². The number of hydrogen-bond acceptors (Lipinski definition) is 4. The average Bonchev–Trinajstić information content (AvgIpc) is 3.32. The van der Waals surface area contributed by atoms with Crippen LogP contribution >= 0.6 is 0 Å². The highest BCUT2D eigenvalue weighted by Gasteiger charge is 2.14. The molecule has 1 aliphatic rings. The summed E-state index contributed by atoms with van der Waals surface area (Å²) >= 11 is 0. The fraction of sp³-hybridized carbons (Fsp3) is 0.250. The summed E-state index contributed by atoms with van der Waals surface area (Å²) in [6.07, 6.45) is 3.96. The quantitative estimate of drug-likeness (QED) is 0.397. The van der Waals surface area contributed by atoms with Crippen LogP contribution in [-0.4, -0.2) is 46.0 Å². The number of ether oxygens (including phenoxy) is 1. The van der Waals surface area contributed by atoms with Crippen LogP contribution in [-0.2, 0) is 0 Å². The monoisotopic (exact) mass is 439 g/mol. The van der Waals surface area contributed by atoms with E-state index in [1.54, 1.807) is 12.1 Å². The highest BCUT2D eigenvalue weighted by atomic mass is 16.5. The van der Waals surface area contributed by atoms with Gasteiger partial charge in [0.15, 0.2) is 0 Å².